The zero-order valence-corrected chi connectivity index (χ0v) is 53.5. The molecule has 0 aromatic carbocycles. The minimum atomic E-state index is -4.64. The van der Waals surface area contributed by atoms with Crippen molar-refractivity contribution in [2.45, 2.75) is 354 Å². The zero-order chi connectivity index (χ0) is 57.0. The second-order valence-electron chi connectivity index (χ2n) is 24.6. The summed E-state index contributed by atoms with van der Waals surface area (Å²) < 4.78 is 34.2. The molecule has 0 fully saturated rings. The molecule has 0 aliphatic heterocycles. The highest BCUT2D eigenvalue weighted by molar-refractivity contribution is 7.45. The van der Waals surface area contributed by atoms with E-state index in [4.69, 9.17) is 18.5 Å². The van der Waals surface area contributed by atoms with Crippen LogP contribution in [-0.2, 0) is 32.7 Å². The van der Waals surface area contributed by atoms with Gasteiger partial charge in [-0.15, -0.1) is 0 Å². The van der Waals surface area contributed by atoms with Crippen LogP contribution in [0.25, 0.3) is 0 Å². The molecule has 0 bridgehead atoms. The second-order valence-corrected chi connectivity index (χ2v) is 26.0. The third-order valence-corrected chi connectivity index (χ3v) is 16.4. The van der Waals surface area contributed by atoms with E-state index < -0.39 is 26.5 Å². The van der Waals surface area contributed by atoms with Crippen molar-refractivity contribution >= 4 is 19.8 Å². The maximum Gasteiger partial charge on any atom is 0.306 e. The van der Waals surface area contributed by atoms with Crippen LogP contribution in [0.3, 0.4) is 0 Å². The molecule has 0 spiro atoms. The number of quaternary nitrogens is 1. The molecule has 0 radical (unpaired) electrons. The maximum atomic E-state index is 12.8. The molecule has 0 aliphatic rings. The number of likely N-dealkylation sites (N-methyl/N-ethyl adjacent to an activating group) is 1. The number of carbonyl (C=O) groups excluding carboxylic acids is 2. The smallest absolute Gasteiger partial charge is 0.306 e. The Morgan fingerprint density at radius 1 is 0.397 bits per heavy atom. The van der Waals surface area contributed by atoms with Crippen molar-refractivity contribution in [1.29, 1.82) is 0 Å². The third kappa shape index (κ3) is 63.7. The molecule has 0 saturated heterocycles. The van der Waals surface area contributed by atoms with Gasteiger partial charge in [-0.25, -0.2) is 0 Å². The van der Waals surface area contributed by atoms with Crippen LogP contribution in [0.5, 0.6) is 0 Å². The van der Waals surface area contributed by atoms with Crippen molar-refractivity contribution in [3.05, 3.63) is 24.3 Å². The van der Waals surface area contributed by atoms with E-state index in [1.54, 1.807) is 0 Å². The summed E-state index contributed by atoms with van der Waals surface area (Å²) in [5.74, 6) is -0.833. The Bertz CT molecular complexity index is 1370. The van der Waals surface area contributed by atoms with Gasteiger partial charge in [0.2, 0.25) is 0 Å². The predicted molar refractivity (Wildman–Crippen MR) is 333 cm³/mol. The van der Waals surface area contributed by atoms with Crippen LogP contribution in [0.15, 0.2) is 24.3 Å². The Balaban J connectivity index is 3.83. The number of ether oxygens (including phenoxy) is 2. The summed E-state index contributed by atoms with van der Waals surface area (Å²) in [6, 6.07) is 0. The Hall–Kier alpha value is -1.51. The fraction of sp³-hybridized carbons (Fsp3) is 0.912. The van der Waals surface area contributed by atoms with Crippen LogP contribution in [-0.4, -0.2) is 70.0 Å². The Kier molecular flexibility index (Phi) is 58.9. The lowest BCUT2D eigenvalue weighted by Crippen LogP contribution is -2.37. The van der Waals surface area contributed by atoms with Crippen LogP contribution in [0, 0.1) is 0 Å². The molecule has 0 aromatic rings. The molecule has 0 rings (SSSR count). The number of nitrogens with zero attached hydrogens (tertiary/aromatic N) is 1. The summed E-state index contributed by atoms with van der Waals surface area (Å²) in [7, 11) is 1.17. The fourth-order valence-corrected chi connectivity index (χ4v) is 10.9. The molecule has 0 amide bonds. The van der Waals surface area contributed by atoms with Gasteiger partial charge in [-0.2, -0.15) is 0 Å². The van der Waals surface area contributed by atoms with Crippen molar-refractivity contribution in [2.75, 3.05) is 47.5 Å². The van der Waals surface area contributed by atoms with Crippen molar-refractivity contribution in [2.24, 2.45) is 0 Å². The molecular formula is C68H132NO8P. The molecule has 10 heteroatoms. The van der Waals surface area contributed by atoms with Crippen molar-refractivity contribution < 1.29 is 42.1 Å². The van der Waals surface area contributed by atoms with Gasteiger partial charge in [0.05, 0.1) is 27.7 Å². The normalized spacial score (nSPS) is 13.3. The molecule has 0 aliphatic carbocycles. The standard InChI is InChI=1S/C68H132NO8P/c1-6-8-10-12-14-16-18-20-22-23-24-25-26-27-28-29-30-31-32-33-34-35-36-37-38-39-40-41-42-43-44-45-47-48-50-52-54-56-58-60-67(70)74-64-66(65-76-78(72,73)75-63-62-69(3,4)5)77-68(71)61-59-57-55-53-51-49-46-21-19-17-15-13-11-9-7-2/h15,17,21,46,66H,6-14,16,18-20,22-45,47-65H2,1-5H3/b17-15-,46-21-. The van der Waals surface area contributed by atoms with Gasteiger partial charge in [-0.05, 0) is 44.9 Å². The summed E-state index contributed by atoms with van der Waals surface area (Å²) in [4.78, 5) is 37.9. The minimum Gasteiger partial charge on any atom is -0.756 e. The molecule has 0 N–H and O–H groups in total. The molecule has 0 heterocycles. The van der Waals surface area contributed by atoms with E-state index in [0.717, 1.165) is 57.8 Å². The lowest BCUT2D eigenvalue weighted by Gasteiger charge is -2.28. The average molecular weight is 1120 g/mol. The first-order valence-electron chi connectivity index (χ1n) is 34.0. The third-order valence-electron chi connectivity index (χ3n) is 15.5. The Labute approximate surface area is 485 Å². The SMILES string of the molecule is CCCCC/C=C\C/C=C\CCCCCCCC(=O)OC(COC(=O)CCCCCCCCCCCCCCCCCCCCCCCCCCCCCCCCCCCCCCCCC)COP(=O)([O-])OCC[N+](C)(C)C. The molecular weight excluding hydrogens is 990 g/mol. The molecule has 78 heavy (non-hydrogen) atoms. The average Bonchev–Trinajstić information content (AvgIpc) is 3.41. The number of carbonyl (C=O) groups is 2. The number of esters is 2. The number of phosphoric acid groups is 1. The van der Waals surface area contributed by atoms with E-state index >= 15 is 0 Å². The lowest BCUT2D eigenvalue weighted by atomic mass is 10.0. The highest BCUT2D eigenvalue weighted by atomic mass is 31.2. The molecule has 0 saturated carbocycles. The first-order valence-corrected chi connectivity index (χ1v) is 35.5. The summed E-state index contributed by atoms with van der Waals surface area (Å²) in [5, 5.41) is 0. The highest BCUT2D eigenvalue weighted by Crippen LogP contribution is 2.38. The van der Waals surface area contributed by atoms with Gasteiger partial charge >= 0.3 is 11.9 Å². The van der Waals surface area contributed by atoms with E-state index in [2.05, 4.69) is 38.2 Å². The molecule has 2 unspecified atom stereocenters. The highest BCUT2D eigenvalue weighted by Gasteiger charge is 2.22. The van der Waals surface area contributed by atoms with E-state index in [9.17, 15) is 19.0 Å². The maximum absolute atomic E-state index is 12.8. The van der Waals surface area contributed by atoms with Crippen molar-refractivity contribution in [3.63, 3.8) is 0 Å². The van der Waals surface area contributed by atoms with Gasteiger partial charge in [-0.1, -0.05) is 314 Å². The van der Waals surface area contributed by atoms with E-state index in [0.29, 0.717) is 17.4 Å². The zero-order valence-electron chi connectivity index (χ0n) is 52.6. The van der Waals surface area contributed by atoms with Crippen LogP contribution in [0.2, 0.25) is 0 Å². The van der Waals surface area contributed by atoms with Crippen LogP contribution in [0.1, 0.15) is 348 Å². The summed E-state index contributed by atoms with van der Waals surface area (Å²) in [6.07, 6.45) is 74.3. The fourth-order valence-electron chi connectivity index (χ4n) is 10.2. The van der Waals surface area contributed by atoms with Gasteiger partial charge in [0.1, 0.15) is 19.8 Å². The minimum absolute atomic E-state index is 0.0314. The van der Waals surface area contributed by atoms with Gasteiger partial charge in [0, 0.05) is 12.8 Å². The quantitative estimate of drug-likeness (QED) is 0.0195. The predicted octanol–water partition coefficient (Wildman–Crippen LogP) is 21.1. The first-order chi connectivity index (χ1) is 38.0. The number of hydrogen-bond donors (Lipinski definition) is 0. The monoisotopic (exact) mass is 1120 g/mol. The summed E-state index contributed by atoms with van der Waals surface area (Å²) >= 11 is 0. The Morgan fingerprint density at radius 3 is 1.04 bits per heavy atom. The van der Waals surface area contributed by atoms with Gasteiger partial charge in [-0.3, -0.25) is 14.2 Å². The molecule has 2 atom stereocenters. The summed E-state index contributed by atoms with van der Waals surface area (Å²) in [6.45, 7) is 4.25. The van der Waals surface area contributed by atoms with Crippen molar-refractivity contribution in [3.8, 4) is 0 Å². The molecule has 9 nitrogen and oxygen atoms in total. The lowest BCUT2D eigenvalue weighted by molar-refractivity contribution is -0.870. The van der Waals surface area contributed by atoms with Gasteiger partial charge < -0.3 is 27.9 Å². The molecule has 462 valence electrons. The largest absolute Gasteiger partial charge is 0.756 e. The van der Waals surface area contributed by atoms with Crippen LogP contribution >= 0.6 is 7.82 Å². The van der Waals surface area contributed by atoms with Crippen molar-refractivity contribution in [1.82, 2.24) is 0 Å². The number of hydrogen-bond acceptors (Lipinski definition) is 8. The van der Waals surface area contributed by atoms with E-state index in [1.807, 2.05) is 21.1 Å². The van der Waals surface area contributed by atoms with Gasteiger partial charge in [0.25, 0.3) is 7.82 Å². The van der Waals surface area contributed by atoms with Gasteiger partial charge in [0.15, 0.2) is 6.10 Å². The topological polar surface area (TPSA) is 111 Å². The number of phosphoric ester groups is 1. The number of rotatable bonds is 64. The first kappa shape index (κ1) is 76.5. The van der Waals surface area contributed by atoms with E-state index in [-0.39, 0.29) is 32.0 Å². The summed E-state index contributed by atoms with van der Waals surface area (Å²) in [5.41, 5.74) is 0. The van der Waals surface area contributed by atoms with E-state index in [1.165, 1.54) is 257 Å². The van der Waals surface area contributed by atoms with Crippen LogP contribution in [0.4, 0.5) is 0 Å². The Morgan fingerprint density at radius 2 is 0.692 bits per heavy atom. The van der Waals surface area contributed by atoms with Crippen LogP contribution < -0.4 is 4.89 Å². The number of allylic oxidation sites excluding steroid dienone is 4. The molecule has 0 aromatic heterocycles. The number of unbranched alkanes of at least 4 members (excludes halogenated alkanes) is 46. The second kappa shape index (κ2) is 60.1.